The number of hydrogen-bond acceptors (Lipinski definition) is 3. The molecule has 0 saturated heterocycles. The largest absolute Gasteiger partial charge is 0.242 e. The van der Waals surface area contributed by atoms with Gasteiger partial charge in [0.25, 0.3) is 0 Å². The molecule has 0 aromatic heterocycles. The van der Waals surface area contributed by atoms with Crippen LogP contribution in [0.15, 0.2) is 29.2 Å². The molecule has 0 aliphatic heterocycles. The van der Waals surface area contributed by atoms with Crippen LogP contribution in [0.1, 0.15) is 33.3 Å². The zero-order valence-corrected chi connectivity index (χ0v) is 11.9. The van der Waals surface area contributed by atoms with Crippen molar-refractivity contribution in [3.63, 3.8) is 0 Å². The quantitative estimate of drug-likeness (QED) is 0.912. The summed E-state index contributed by atoms with van der Waals surface area (Å²) in [4.78, 5) is 0.0311. The minimum atomic E-state index is -3.66. The molecule has 1 aromatic carbocycles. The molecule has 1 N–H and O–H groups in total. The Labute approximate surface area is 109 Å². The van der Waals surface area contributed by atoms with Crippen LogP contribution in [0.4, 0.5) is 0 Å². The van der Waals surface area contributed by atoms with E-state index in [-0.39, 0.29) is 21.9 Å². The first-order valence-electron chi connectivity index (χ1n) is 5.70. The van der Waals surface area contributed by atoms with Gasteiger partial charge in [-0.3, -0.25) is 0 Å². The SMILES string of the molecule is CC(NS(=O)(=O)c1ccccc1C#N)C(C)(C)C. The molecule has 0 bridgehead atoms. The Hall–Kier alpha value is -1.38. The molecule has 0 aliphatic rings. The van der Waals surface area contributed by atoms with E-state index in [0.29, 0.717) is 0 Å². The fourth-order valence-electron chi connectivity index (χ4n) is 1.27. The lowest BCUT2D eigenvalue weighted by Gasteiger charge is -2.27. The van der Waals surface area contributed by atoms with E-state index in [1.165, 1.54) is 12.1 Å². The van der Waals surface area contributed by atoms with Crippen molar-refractivity contribution in [3.8, 4) is 6.07 Å². The van der Waals surface area contributed by atoms with E-state index < -0.39 is 10.0 Å². The summed E-state index contributed by atoms with van der Waals surface area (Å²) >= 11 is 0. The van der Waals surface area contributed by atoms with Crippen molar-refractivity contribution in [1.82, 2.24) is 4.72 Å². The zero-order valence-electron chi connectivity index (χ0n) is 11.1. The van der Waals surface area contributed by atoms with Crippen LogP contribution in [0.3, 0.4) is 0 Å². The maximum absolute atomic E-state index is 12.2. The van der Waals surface area contributed by atoms with Crippen molar-refractivity contribution in [2.24, 2.45) is 5.41 Å². The summed E-state index contributed by atoms with van der Waals surface area (Å²) in [5.41, 5.74) is -0.0274. The number of rotatable bonds is 3. The molecule has 0 aliphatic carbocycles. The topological polar surface area (TPSA) is 70.0 Å². The summed E-state index contributed by atoms with van der Waals surface area (Å²) in [5, 5.41) is 8.93. The summed E-state index contributed by atoms with van der Waals surface area (Å²) < 4.78 is 27.0. The second kappa shape index (κ2) is 5.09. The summed E-state index contributed by atoms with van der Waals surface area (Å²) in [6.45, 7) is 7.68. The number of benzene rings is 1. The number of hydrogen-bond donors (Lipinski definition) is 1. The van der Waals surface area contributed by atoms with Gasteiger partial charge in [0.05, 0.1) is 10.5 Å². The highest BCUT2D eigenvalue weighted by molar-refractivity contribution is 7.89. The van der Waals surface area contributed by atoms with E-state index >= 15 is 0 Å². The van der Waals surface area contributed by atoms with Crippen LogP contribution in [0.5, 0.6) is 0 Å². The molecule has 1 atom stereocenters. The summed E-state index contributed by atoms with van der Waals surface area (Å²) in [6, 6.07) is 7.86. The van der Waals surface area contributed by atoms with E-state index in [2.05, 4.69) is 4.72 Å². The van der Waals surface area contributed by atoms with Crippen molar-refractivity contribution in [1.29, 1.82) is 5.26 Å². The zero-order chi connectivity index (χ0) is 14.0. The molecule has 0 spiro atoms. The van der Waals surface area contributed by atoms with Gasteiger partial charge in [0, 0.05) is 6.04 Å². The number of nitrogens with zero attached hydrogens (tertiary/aromatic N) is 1. The Morgan fingerprint density at radius 2 is 1.83 bits per heavy atom. The second-order valence-electron chi connectivity index (χ2n) is 5.32. The van der Waals surface area contributed by atoms with Gasteiger partial charge in [-0.2, -0.15) is 5.26 Å². The van der Waals surface area contributed by atoms with Crippen molar-refractivity contribution < 1.29 is 8.42 Å². The fourth-order valence-corrected chi connectivity index (χ4v) is 2.87. The summed E-state index contributed by atoms with van der Waals surface area (Å²) in [6.07, 6.45) is 0. The number of sulfonamides is 1. The van der Waals surface area contributed by atoms with E-state index in [9.17, 15) is 8.42 Å². The van der Waals surface area contributed by atoms with Crippen LogP contribution >= 0.6 is 0 Å². The standard InChI is InChI=1S/C13H18N2O2S/c1-10(13(2,3)4)15-18(16,17)12-8-6-5-7-11(12)9-14/h5-8,10,15H,1-4H3. The molecule has 18 heavy (non-hydrogen) atoms. The lowest BCUT2D eigenvalue weighted by Crippen LogP contribution is -2.41. The van der Waals surface area contributed by atoms with Gasteiger partial charge >= 0.3 is 0 Å². The predicted octanol–water partition coefficient (Wildman–Crippen LogP) is 2.27. The highest BCUT2D eigenvalue weighted by Crippen LogP contribution is 2.22. The van der Waals surface area contributed by atoms with Crippen molar-refractivity contribution in [2.75, 3.05) is 0 Å². The molecule has 0 heterocycles. The maximum atomic E-state index is 12.2. The normalized spacial score (nSPS) is 13.9. The van der Waals surface area contributed by atoms with E-state index in [1.807, 2.05) is 33.8 Å². The summed E-state index contributed by atoms with van der Waals surface area (Å²) in [7, 11) is -3.66. The molecule has 0 radical (unpaired) electrons. The van der Waals surface area contributed by atoms with Gasteiger partial charge in [0.1, 0.15) is 6.07 Å². The molecule has 1 rings (SSSR count). The van der Waals surface area contributed by atoms with Gasteiger partial charge < -0.3 is 0 Å². The first kappa shape index (κ1) is 14.7. The molecule has 98 valence electrons. The Morgan fingerprint density at radius 3 is 2.33 bits per heavy atom. The predicted molar refractivity (Wildman–Crippen MR) is 70.4 cm³/mol. The molecular formula is C13H18N2O2S. The Balaban J connectivity index is 3.13. The third kappa shape index (κ3) is 3.31. The van der Waals surface area contributed by atoms with Crippen molar-refractivity contribution in [2.45, 2.75) is 38.6 Å². The lowest BCUT2D eigenvalue weighted by atomic mass is 9.89. The minimum Gasteiger partial charge on any atom is -0.208 e. The van der Waals surface area contributed by atoms with E-state index in [4.69, 9.17) is 5.26 Å². The third-order valence-electron chi connectivity index (χ3n) is 2.93. The second-order valence-corrected chi connectivity index (χ2v) is 7.00. The van der Waals surface area contributed by atoms with Crippen LogP contribution in [0.25, 0.3) is 0 Å². The highest BCUT2D eigenvalue weighted by atomic mass is 32.2. The van der Waals surface area contributed by atoms with Gasteiger partial charge in [-0.15, -0.1) is 0 Å². The number of nitriles is 1. The van der Waals surface area contributed by atoms with Crippen LogP contribution in [-0.2, 0) is 10.0 Å². The van der Waals surface area contributed by atoms with Gasteiger partial charge in [0.2, 0.25) is 10.0 Å². The molecule has 5 heteroatoms. The first-order chi connectivity index (χ1) is 8.18. The average Bonchev–Trinajstić information content (AvgIpc) is 2.27. The van der Waals surface area contributed by atoms with Crippen molar-refractivity contribution in [3.05, 3.63) is 29.8 Å². The number of nitrogens with one attached hydrogen (secondary N) is 1. The fraction of sp³-hybridized carbons (Fsp3) is 0.462. The van der Waals surface area contributed by atoms with Gasteiger partial charge in [-0.25, -0.2) is 13.1 Å². The average molecular weight is 266 g/mol. The van der Waals surface area contributed by atoms with E-state index in [0.717, 1.165) is 0 Å². The van der Waals surface area contributed by atoms with Gasteiger partial charge in [-0.1, -0.05) is 32.9 Å². The molecular weight excluding hydrogens is 248 g/mol. The third-order valence-corrected chi connectivity index (χ3v) is 4.53. The smallest absolute Gasteiger partial charge is 0.208 e. The first-order valence-corrected chi connectivity index (χ1v) is 7.18. The van der Waals surface area contributed by atoms with Crippen LogP contribution < -0.4 is 4.72 Å². The van der Waals surface area contributed by atoms with Crippen LogP contribution in [-0.4, -0.2) is 14.5 Å². The van der Waals surface area contributed by atoms with Crippen LogP contribution in [0.2, 0.25) is 0 Å². The van der Waals surface area contributed by atoms with E-state index in [1.54, 1.807) is 12.1 Å². The monoisotopic (exact) mass is 266 g/mol. The lowest BCUT2D eigenvalue weighted by molar-refractivity contribution is 0.317. The molecule has 1 aromatic rings. The maximum Gasteiger partial charge on any atom is 0.242 e. The van der Waals surface area contributed by atoms with Gasteiger partial charge in [0.15, 0.2) is 0 Å². The molecule has 1 unspecified atom stereocenters. The Bertz CT molecular complexity index is 565. The van der Waals surface area contributed by atoms with Crippen molar-refractivity contribution >= 4 is 10.0 Å². The molecule has 4 nitrogen and oxygen atoms in total. The minimum absolute atomic E-state index is 0.0311. The van der Waals surface area contributed by atoms with Crippen LogP contribution in [0, 0.1) is 16.7 Å². The molecule has 0 saturated carbocycles. The molecule has 0 fully saturated rings. The Kier molecular flexibility index (Phi) is 4.15. The molecule has 0 amide bonds. The Morgan fingerprint density at radius 1 is 1.28 bits per heavy atom. The summed E-state index contributed by atoms with van der Waals surface area (Å²) in [5.74, 6) is 0. The highest BCUT2D eigenvalue weighted by Gasteiger charge is 2.27. The van der Waals surface area contributed by atoms with Gasteiger partial charge in [-0.05, 0) is 24.5 Å².